The van der Waals surface area contributed by atoms with Crippen LogP contribution in [0.2, 0.25) is 0 Å². The molecule has 30 heavy (non-hydrogen) atoms. The van der Waals surface area contributed by atoms with Gasteiger partial charge in [-0.25, -0.2) is 18.8 Å². The van der Waals surface area contributed by atoms with Crippen molar-refractivity contribution in [1.82, 2.24) is 4.90 Å². The van der Waals surface area contributed by atoms with E-state index in [1.165, 1.54) is 0 Å². The molecule has 0 saturated carbocycles. The number of carbonyl (C=O) groups excluding carboxylic acids is 3. The predicted octanol–water partition coefficient (Wildman–Crippen LogP) is 1.25. The van der Waals surface area contributed by atoms with E-state index in [0.29, 0.717) is 6.08 Å². The molecule has 0 spiro atoms. The highest BCUT2D eigenvalue weighted by molar-refractivity contribution is 5.94. The number of likely N-dealkylation sites (tertiary alicyclic amines) is 1. The first-order chi connectivity index (χ1) is 14.3. The van der Waals surface area contributed by atoms with E-state index >= 15 is 0 Å². The van der Waals surface area contributed by atoms with Gasteiger partial charge in [-0.2, -0.15) is 0 Å². The van der Waals surface area contributed by atoms with Crippen LogP contribution in [0.25, 0.3) is 0 Å². The van der Waals surface area contributed by atoms with Gasteiger partial charge in [0.25, 0.3) is 0 Å². The molecular weight excluding hydrogens is 401 g/mol. The van der Waals surface area contributed by atoms with Crippen LogP contribution < -0.4 is 5.73 Å². The lowest BCUT2D eigenvalue weighted by Crippen LogP contribution is -2.55. The first kappa shape index (κ1) is 22.8. The SMILES string of the molecule is COC(=O)C=C(ON=C[C@]1(N)C[C@H](F)CN1C(=O)OCc1ccccc1)C(=O)OC. The standard InChI is InChI=1S/C19H22FN3O7/c1-27-16(24)8-15(17(25)28-2)30-22-12-19(21)9-14(20)10-23(19)18(26)29-11-13-6-4-3-5-7-13/h3-8,12,14H,9-11,21H2,1-2H3/t14-,19-/m0/s1. The number of ether oxygens (including phenoxy) is 3. The third-order valence-electron chi connectivity index (χ3n) is 4.12. The fourth-order valence-corrected chi connectivity index (χ4v) is 2.63. The monoisotopic (exact) mass is 423 g/mol. The van der Waals surface area contributed by atoms with E-state index in [0.717, 1.165) is 30.9 Å². The van der Waals surface area contributed by atoms with E-state index in [9.17, 15) is 18.8 Å². The molecule has 2 N–H and O–H groups in total. The molecule has 0 radical (unpaired) electrons. The Bertz CT molecular complexity index is 831. The third kappa shape index (κ3) is 6.01. The molecule has 1 fully saturated rings. The molecule has 0 unspecified atom stereocenters. The zero-order chi connectivity index (χ0) is 22.1. The highest BCUT2D eigenvalue weighted by Crippen LogP contribution is 2.27. The topological polar surface area (TPSA) is 130 Å². The van der Waals surface area contributed by atoms with Gasteiger partial charge < -0.3 is 24.8 Å². The van der Waals surface area contributed by atoms with E-state index in [1.54, 1.807) is 24.3 Å². The number of alkyl halides is 1. The molecule has 1 saturated heterocycles. The van der Waals surface area contributed by atoms with Gasteiger partial charge >= 0.3 is 18.0 Å². The third-order valence-corrected chi connectivity index (χ3v) is 4.12. The highest BCUT2D eigenvalue weighted by Gasteiger charge is 2.46. The number of nitrogens with two attached hydrogens (primary N) is 1. The average Bonchev–Trinajstić information content (AvgIpc) is 3.05. The fourth-order valence-electron chi connectivity index (χ4n) is 2.63. The number of amides is 1. The number of benzene rings is 1. The van der Waals surface area contributed by atoms with Crippen molar-refractivity contribution >= 4 is 24.2 Å². The first-order valence-electron chi connectivity index (χ1n) is 8.80. The number of esters is 2. The summed E-state index contributed by atoms with van der Waals surface area (Å²) in [4.78, 5) is 41.2. The lowest BCUT2D eigenvalue weighted by molar-refractivity contribution is -0.142. The Hall–Kier alpha value is -3.47. The van der Waals surface area contributed by atoms with Crippen LogP contribution in [0.1, 0.15) is 12.0 Å². The van der Waals surface area contributed by atoms with Crippen molar-refractivity contribution in [1.29, 1.82) is 0 Å². The number of rotatable bonds is 7. The summed E-state index contributed by atoms with van der Waals surface area (Å²) >= 11 is 0. The second-order valence-electron chi connectivity index (χ2n) is 6.29. The van der Waals surface area contributed by atoms with Crippen molar-refractivity contribution in [2.24, 2.45) is 10.9 Å². The fraction of sp³-hybridized carbons (Fsp3) is 0.368. The number of nitrogens with zero attached hydrogens (tertiary/aromatic N) is 2. The minimum Gasteiger partial charge on any atom is -0.466 e. The van der Waals surface area contributed by atoms with Gasteiger partial charge in [0, 0.05) is 6.42 Å². The molecule has 1 aliphatic rings. The minimum absolute atomic E-state index is 0.0226. The summed E-state index contributed by atoms with van der Waals surface area (Å²) in [5, 5.41) is 3.52. The Kier molecular flexibility index (Phi) is 7.87. The smallest absolute Gasteiger partial charge is 0.411 e. The molecule has 10 nitrogen and oxygen atoms in total. The van der Waals surface area contributed by atoms with Crippen LogP contribution in [0, 0.1) is 0 Å². The van der Waals surface area contributed by atoms with Gasteiger partial charge in [0.15, 0.2) is 0 Å². The maximum Gasteiger partial charge on any atom is 0.411 e. The van der Waals surface area contributed by atoms with E-state index in [2.05, 4.69) is 14.6 Å². The Morgan fingerprint density at radius 3 is 2.60 bits per heavy atom. The second-order valence-corrected chi connectivity index (χ2v) is 6.29. The Balaban J connectivity index is 2.08. The number of halogens is 1. The van der Waals surface area contributed by atoms with Gasteiger partial charge in [0.1, 0.15) is 18.4 Å². The maximum atomic E-state index is 14.0. The molecule has 1 aliphatic heterocycles. The summed E-state index contributed by atoms with van der Waals surface area (Å²) in [5.74, 6) is -2.47. The minimum atomic E-state index is -1.67. The van der Waals surface area contributed by atoms with Gasteiger partial charge in [0.05, 0.1) is 33.1 Å². The Morgan fingerprint density at radius 1 is 1.27 bits per heavy atom. The molecule has 1 amide bonds. The number of hydrogen-bond donors (Lipinski definition) is 1. The van der Waals surface area contributed by atoms with Crippen LogP contribution >= 0.6 is 0 Å². The van der Waals surface area contributed by atoms with Gasteiger partial charge in [-0.15, -0.1) is 0 Å². The van der Waals surface area contributed by atoms with Crippen molar-refractivity contribution in [3.05, 3.63) is 47.7 Å². The van der Waals surface area contributed by atoms with E-state index in [4.69, 9.17) is 15.3 Å². The quantitative estimate of drug-likeness (QED) is 0.173. The molecule has 11 heteroatoms. The van der Waals surface area contributed by atoms with E-state index in [1.807, 2.05) is 6.07 Å². The van der Waals surface area contributed by atoms with Crippen molar-refractivity contribution in [3.63, 3.8) is 0 Å². The summed E-state index contributed by atoms with van der Waals surface area (Å²) in [7, 11) is 2.17. The molecule has 1 aromatic carbocycles. The summed E-state index contributed by atoms with van der Waals surface area (Å²) in [6.07, 6.45) is -0.869. The predicted molar refractivity (Wildman–Crippen MR) is 101 cm³/mol. The number of methoxy groups -OCH3 is 2. The summed E-state index contributed by atoms with van der Waals surface area (Å²) in [6, 6.07) is 8.92. The van der Waals surface area contributed by atoms with Gasteiger partial charge in [-0.05, 0) is 5.56 Å². The van der Waals surface area contributed by atoms with Crippen LogP contribution in [0.5, 0.6) is 0 Å². The number of hydrogen-bond acceptors (Lipinski definition) is 9. The molecular formula is C19H22FN3O7. The average molecular weight is 423 g/mol. The van der Waals surface area contributed by atoms with Crippen molar-refractivity contribution in [2.75, 3.05) is 20.8 Å². The molecule has 2 atom stereocenters. The van der Waals surface area contributed by atoms with Crippen molar-refractivity contribution in [3.8, 4) is 0 Å². The molecule has 0 aliphatic carbocycles. The van der Waals surface area contributed by atoms with Crippen LogP contribution in [-0.4, -0.2) is 61.7 Å². The first-order valence-corrected chi connectivity index (χ1v) is 8.80. The summed E-state index contributed by atoms with van der Waals surface area (Å²) in [6.45, 7) is -0.330. The van der Waals surface area contributed by atoms with E-state index < -0.39 is 35.6 Å². The summed E-state index contributed by atoms with van der Waals surface area (Å²) in [5.41, 5.74) is 5.19. The molecule has 0 aromatic heterocycles. The number of carbonyl (C=O) groups is 3. The van der Waals surface area contributed by atoms with Crippen molar-refractivity contribution < 1.29 is 37.8 Å². The molecule has 1 aromatic rings. The van der Waals surface area contributed by atoms with Crippen LogP contribution in [-0.2, 0) is 35.2 Å². The second kappa shape index (κ2) is 10.3. The van der Waals surface area contributed by atoms with Gasteiger partial charge in [0.2, 0.25) is 5.76 Å². The highest BCUT2D eigenvalue weighted by atomic mass is 19.1. The van der Waals surface area contributed by atoms with E-state index in [-0.39, 0.29) is 19.6 Å². The van der Waals surface area contributed by atoms with Crippen LogP contribution in [0.3, 0.4) is 0 Å². The molecule has 2 rings (SSSR count). The summed E-state index contributed by atoms with van der Waals surface area (Å²) < 4.78 is 28.1. The van der Waals surface area contributed by atoms with Crippen LogP contribution in [0.4, 0.5) is 9.18 Å². The zero-order valence-corrected chi connectivity index (χ0v) is 16.4. The molecule has 1 heterocycles. The van der Waals surface area contributed by atoms with Gasteiger partial charge in [-0.1, -0.05) is 35.5 Å². The van der Waals surface area contributed by atoms with Gasteiger partial charge in [-0.3, -0.25) is 4.90 Å². The van der Waals surface area contributed by atoms with Crippen LogP contribution in [0.15, 0.2) is 47.3 Å². The Labute approximate surface area is 172 Å². The largest absolute Gasteiger partial charge is 0.466 e. The Morgan fingerprint density at radius 2 is 1.97 bits per heavy atom. The number of oxime groups is 1. The maximum absolute atomic E-state index is 14.0. The lowest BCUT2D eigenvalue weighted by atomic mass is 10.1. The molecule has 162 valence electrons. The zero-order valence-electron chi connectivity index (χ0n) is 16.4. The lowest BCUT2D eigenvalue weighted by Gasteiger charge is -2.29. The molecule has 0 bridgehead atoms. The van der Waals surface area contributed by atoms with Crippen molar-refractivity contribution in [2.45, 2.75) is 24.9 Å². The normalized spacial score (nSPS) is 21.4.